The SMILES string of the molecule is FC(F)(F)c1cccc(CN2CCC[C@H]2c2nc3ccc(-c4ccncc4)cc3[nH]2)c1. The number of hydrogen-bond acceptors (Lipinski definition) is 3. The molecule has 0 amide bonds. The molecule has 1 aliphatic heterocycles. The molecule has 0 spiro atoms. The Labute approximate surface area is 177 Å². The Morgan fingerprint density at radius 1 is 1.00 bits per heavy atom. The van der Waals surface area contributed by atoms with E-state index in [4.69, 9.17) is 4.98 Å². The van der Waals surface area contributed by atoms with Gasteiger partial charge in [0.1, 0.15) is 5.82 Å². The van der Waals surface area contributed by atoms with Gasteiger partial charge < -0.3 is 4.98 Å². The van der Waals surface area contributed by atoms with Crippen LogP contribution in [0.1, 0.15) is 35.8 Å². The minimum atomic E-state index is -4.33. The molecule has 158 valence electrons. The highest BCUT2D eigenvalue weighted by atomic mass is 19.4. The zero-order valence-corrected chi connectivity index (χ0v) is 16.7. The number of likely N-dealkylation sites (tertiary alicyclic amines) is 1. The molecule has 1 atom stereocenters. The first-order valence-corrected chi connectivity index (χ1v) is 10.3. The van der Waals surface area contributed by atoms with E-state index >= 15 is 0 Å². The number of alkyl halides is 3. The Kier molecular flexibility index (Phi) is 4.98. The maximum atomic E-state index is 13.1. The minimum absolute atomic E-state index is 0.0614. The van der Waals surface area contributed by atoms with Crippen LogP contribution in [0.15, 0.2) is 67.0 Å². The quantitative estimate of drug-likeness (QED) is 0.440. The van der Waals surface area contributed by atoms with Crippen molar-refractivity contribution in [2.45, 2.75) is 31.6 Å². The highest BCUT2D eigenvalue weighted by Gasteiger charge is 2.32. The van der Waals surface area contributed by atoms with Crippen molar-refractivity contribution in [3.63, 3.8) is 0 Å². The molecule has 2 aromatic carbocycles. The molecular weight excluding hydrogens is 401 g/mol. The summed E-state index contributed by atoms with van der Waals surface area (Å²) < 4.78 is 39.2. The van der Waals surface area contributed by atoms with Crippen LogP contribution in [0.25, 0.3) is 22.2 Å². The van der Waals surface area contributed by atoms with E-state index in [2.05, 4.69) is 20.9 Å². The first-order valence-electron chi connectivity index (χ1n) is 10.3. The summed E-state index contributed by atoms with van der Waals surface area (Å²) in [4.78, 5) is 14.5. The monoisotopic (exact) mass is 422 g/mol. The number of pyridine rings is 1. The lowest BCUT2D eigenvalue weighted by Crippen LogP contribution is -2.23. The van der Waals surface area contributed by atoms with Gasteiger partial charge >= 0.3 is 6.18 Å². The van der Waals surface area contributed by atoms with Crippen molar-refractivity contribution in [1.29, 1.82) is 0 Å². The van der Waals surface area contributed by atoms with Crippen LogP contribution >= 0.6 is 0 Å². The van der Waals surface area contributed by atoms with E-state index in [0.29, 0.717) is 12.1 Å². The Bertz CT molecular complexity index is 1200. The standard InChI is InChI=1S/C24H21F3N4/c25-24(26,27)19-4-1-3-16(13-19)15-31-12-2-5-22(31)23-29-20-7-6-18(14-21(20)30-23)17-8-10-28-11-9-17/h1,3-4,6-11,13-14,22H,2,5,12,15H2,(H,29,30)/t22-/m0/s1. The smallest absolute Gasteiger partial charge is 0.341 e. The summed E-state index contributed by atoms with van der Waals surface area (Å²) in [6.07, 6.45) is 1.12. The van der Waals surface area contributed by atoms with Gasteiger partial charge in [0.15, 0.2) is 0 Å². The van der Waals surface area contributed by atoms with Crippen molar-refractivity contribution in [3.8, 4) is 11.1 Å². The number of rotatable bonds is 4. The lowest BCUT2D eigenvalue weighted by atomic mass is 10.1. The van der Waals surface area contributed by atoms with Gasteiger partial charge in [-0.15, -0.1) is 0 Å². The van der Waals surface area contributed by atoms with E-state index in [0.717, 1.165) is 53.4 Å². The second-order valence-electron chi connectivity index (χ2n) is 7.92. The number of halogens is 3. The van der Waals surface area contributed by atoms with Crippen LogP contribution in [0, 0.1) is 0 Å². The molecular formula is C24H21F3N4. The zero-order chi connectivity index (χ0) is 21.4. The van der Waals surface area contributed by atoms with Crippen molar-refractivity contribution in [3.05, 3.63) is 83.9 Å². The van der Waals surface area contributed by atoms with E-state index in [9.17, 15) is 13.2 Å². The zero-order valence-electron chi connectivity index (χ0n) is 16.7. The highest BCUT2D eigenvalue weighted by molar-refractivity contribution is 5.82. The van der Waals surface area contributed by atoms with E-state index in [1.165, 1.54) is 12.1 Å². The molecule has 0 aliphatic carbocycles. The summed E-state index contributed by atoms with van der Waals surface area (Å²) in [5.41, 5.74) is 4.07. The van der Waals surface area contributed by atoms with Crippen molar-refractivity contribution < 1.29 is 13.2 Å². The van der Waals surface area contributed by atoms with Crippen LogP contribution in [0.4, 0.5) is 13.2 Å². The van der Waals surface area contributed by atoms with Gasteiger partial charge in [0.05, 0.1) is 22.6 Å². The summed E-state index contributed by atoms with van der Waals surface area (Å²) >= 11 is 0. The molecule has 2 aromatic heterocycles. The van der Waals surface area contributed by atoms with Gasteiger partial charge in [-0.05, 0) is 66.4 Å². The molecule has 1 aliphatic rings. The number of nitrogens with zero attached hydrogens (tertiary/aromatic N) is 3. The van der Waals surface area contributed by atoms with Gasteiger partial charge in [0.25, 0.3) is 0 Å². The van der Waals surface area contributed by atoms with Crippen LogP contribution < -0.4 is 0 Å². The molecule has 4 aromatic rings. The van der Waals surface area contributed by atoms with Crippen molar-refractivity contribution in [1.82, 2.24) is 19.9 Å². The van der Waals surface area contributed by atoms with Crippen LogP contribution in [-0.4, -0.2) is 26.4 Å². The van der Waals surface area contributed by atoms with E-state index in [1.54, 1.807) is 18.5 Å². The fraction of sp³-hybridized carbons (Fsp3) is 0.250. The van der Waals surface area contributed by atoms with Gasteiger partial charge in [-0.25, -0.2) is 4.98 Å². The second kappa shape index (κ2) is 7.81. The Morgan fingerprint density at radius 2 is 1.84 bits per heavy atom. The third-order valence-corrected chi connectivity index (χ3v) is 5.83. The third kappa shape index (κ3) is 4.05. The predicted octanol–water partition coefficient (Wildman–Crippen LogP) is 5.98. The van der Waals surface area contributed by atoms with Crippen molar-refractivity contribution in [2.24, 2.45) is 0 Å². The summed E-state index contributed by atoms with van der Waals surface area (Å²) in [5.74, 6) is 0.867. The molecule has 7 heteroatoms. The molecule has 1 N–H and O–H groups in total. The number of hydrogen-bond donors (Lipinski definition) is 1. The lowest BCUT2D eigenvalue weighted by Gasteiger charge is -2.23. The van der Waals surface area contributed by atoms with E-state index in [1.807, 2.05) is 24.3 Å². The average Bonchev–Trinajstić information content (AvgIpc) is 3.40. The second-order valence-corrected chi connectivity index (χ2v) is 7.92. The van der Waals surface area contributed by atoms with Gasteiger partial charge in [-0.3, -0.25) is 9.88 Å². The lowest BCUT2D eigenvalue weighted by molar-refractivity contribution is -0.137. The van der Waals surface area contributed by atoms with Gasteiger partial charge in [-0.2, -0.15) is 13.2 Å². The molecule has 0 unspecified atom stereocenters. The normalized spacial score (nSPS) is 17.5. The molecule has 0 bridgehead atoms. The van der Waals surface area contributed by atoms with Crippen LogP contribution in [0.5, 0.6) is 0 Å². The van der Waals surface area contributed by atoms with Gasteiger partial charge in [0, 0.05) is 18.9 Å². The predicted molar refractivity (Wildman–Crippen MR) is 113 cm³/mol. The molecule has 1 saturated heterocycles. The molecule has 4 nitrogen and oxygen atoms in total. The number of imidazole rings is 1. The van der Waals surface area contributed by atoms with E-state index < -0.39 is 11.7 Å². The van der Waals surface area contributed by atoms with E-state index in [-0.39, 0.29) is 6.04 Å². The van der Waals surface area contributed by atoms with Crippen LogP contribution in [0.3, 0.4) is 0 Å². The Balaban J connectivity index is 1.40. The number of aromatic nitrogens is 3. The summed E-state index contributed by atoms with van der Waals surface area (Å²) in [5, 5.41) is 0. The highest BCUT2D eigenvalue weighted by Crippen LogP contribution is 2.35. The summed E-state index contributed by atoms with van der Waals surface area (Å²) in [7, 11) is 0. The number of aromatic amines is 1. The maximum Gasteiger partial charge on any atom is 0.416 e. The molecule has 5 rings (SSSR count). The Hall–Kier alpha value is -3.19. The third-order valence-electron chi connectivity index (χ3n) is 5.83. The average molecular weight is 422 g/mol. The number of fused-ring (bicyclic) bond motifs is 1. The molecule has 0 radical (unpaired) electrons. The summed E-state index contributed by atoms with van der Waals surface area (Å²) in [6, 6.07) is 15.7. The topological polar surface area (TPSA) is 44.8 Å². The largest absolute Gasteiger partial charge is 0.416 e. The van der Waals surface area contributed by atoms with Crippen molar-refractivity contribution >= 4 is 11.0 Å². The van der Waals surface area contributed by atoms with Crippen LogP contribution in [0.2, 0.25) is 0 Å². The Morgan fingerprint density at radius 3 is 2.65 bits per heavy atom. The van der Waals surface area contributed by atoms with Crippen molar-refractivity contribution in [2.75, 3.05) is 6.54 Å². The first-order chi connectivity index (χ1) is 15.0. The number of benzene rings is 2. The molecule has 0 saturated carbocycles. The molecule has 3 heterocycles. The number of H-pyrrole nitrogens is 1. The first kappa shape index (κ1) is 19.8. The van der Waals surface area contributed by atoms with Gasteiger partial charge in [0.2, 0.25) is 0 Å². The van der Waals surface area contributed by atoms with Gasteiger partial charge in [-0.1, -0.05) is 24.3 Å². The number of nitrogens with one attached hydrogen (secondary N) is 1. The minimum Gasteiger partial charge on any atom is -0.341 e. The fourth-order valence-electron chi connectivity index (χ4n) is 4.32. The maximum absolute atomic E-state index is 13.1. The van der Waals surface area contributed by atoms with Crippen LogP contribution in [-0.2, 0) is 12.7 Å². The summed E-state index contributed by atoms with van der Waals surface area (Å²) in [6.45, 7) is 1.30. The fourth-order valence-corrected chi connectivity index (χ4v) is 4.32. The molecule has 1 fully saturated rings. The molecule has 31 heavy (non-hydrogen) atoms.